The molecule has 1 unspecified atom stereocenters. The Balaban J connectivity index is 1.59. The molecule has 1 aromatic rings. The van der Waals surface area contributed by atoms with E-state index in [1.165, 1.54) is 28.4 Å². The van der Waals surface area contributed by atoms with Crippen LogP contribution in [0.15, 0.2) is 34.4 Å². The molecule has 1 N–H and O–H groups in total. The SMILES string of the molecule is CCc1ccc(/C=N/NC(=O)C[N+]2=CN=C3C2C(=O)N(C)C(=O)N3C)cc1. The summed E-state index contributed by atoms with van der Waals surface area (Å²) in [5.74, 6) is -0.493. The molecule has 0 aromatic heterocycles. The van der Waals surface area contributed by atoms with Crippen molar-refractivity contribution in [3.05, 3.63) is 35.4 Å². The molecule has 0 spiro atoms. The molecular formula is C18H21N6O3+. The van der Waals surface area contributed by atoms with Gasteiger partial charge in [0.2, 0.25) is 0 Å². The summed E-state index contributed by atoms with van der Waals surface area (Å²) in [6.07, 6.45) is 3.91. The fourth-order valence-electron chi connectivity index (χ4n) is 2.89. The Labute approximate surface area is 156 Å². The van der Waals surface area contributed by atoms with E-state index in [4.69, 9.17) is 0 Å². The molecule has 0 bridgehead atoms. The molecule has 9 nitrogen and oxygen atoms in total. The topological polar surface area (TPSA) is 97.5 Å². The van der Waals surface area contributed by atoms with Gasteiger partial charge in [0.05, 0.1) is 6.21 Å². The Kier molecular flexibility index (Phi) is 5.11. The fraction of sp³-hybridized carbons (Fsp3) is 0.333. The number of urea groups is 1. The summed E-state index contributed by atoms with van der Waals surface area (Å²) >= 11 is 0. The number of hydrogen-bond donors (Lipinski definition) is 1. The molecule has 0 radical (unpaired) electrons. The van der Waals surface area contributed by atoms with E-state index in [9.17, 15) is 14.4 Å². The van der Waals surface area contributed by atoms with E-state index in [1.807, 2.05) is 24.3 Å². The highest BCUT2D eigenvalue weighted by Crippen LogP contribution is 2.16. The van der Waals surface area contributed by atoms with Crippen molar-refractivity contribution >= 4 is 36.2 Å². The van der Waals surface area contributed by atoms with Crippen LogP contribution in [0.25, 0.3) is 0 Å². The first kappa shape index (κ1) is 18.4. The van der Waals surface area contributed by atoms with Crippen LogP contribution in [-0.2, 0) is 16.0 Å². The lowest BCUT2D eigenvalue weighted by molar-refractivity contribution is -0.519. The molecule has 140 valence electrons. The molecule has 1 atom stereocenters. The number of benzene rings is 1. The second-order valence-electron chi connectivity index (χ2n) is 6.30. The molecule has 3 rings (SSSR count). The number of fused-ring (bicyclic) bond motifs is 1. The maximum absolute atomic E-state index is 12.4. The minimum Gasteiger partial charge on any atom is -0.269 e. The number of amides is 4. The van der Waals surface area contributed by atoms with Crippen LogP contribution < -0.4 is 5.43 Å². The quantitative estimate of drug-likeness (QED) is 0.451. The van der Waals surface area contributed by atoms with Gasteiger partial charge in [-0.05, 0) is 22.5 Å². The lowest BCUT2D eigenvalue weighted by Gasteiger charge is -2.30. The van der Waals surface area contributed by atoms with Crippen LogP contribution in [0, 0.1) is 0 Å². The van der Waals surface area contributed by atoms with E-state index < -0.39 is 18.0 Å². The molecule has 4 amide bonds. The maximum atomic E-state index is 12.4. The molecule has 0 saturated carbocycles. The highest BCUT2D eigenvalue weighted by molar-refractivity contribution is 6.21. The number of amidine groups is 1. The van der Waals surface area contributed by atoms with Crippen molar-refractivity contribution in [3.8, 4) is 0 Å². The molecule has 0 aliphatic carbocycles. The van der Waals surface area contributed by atoms with Gasteiger partial charge in [-0.3, -0.25) is 19.4 Å². The number of rotatable bonds is 5. The van der Waals surface area contributed by atoms with E-state index >= 15 is 0 Å². The third-order valence-electron chi connectivity index (χ3n) is 4.51. The Bertz CT molecular complexity index is 872. The Morgan fingerprint density at radius 2 is 1.96 bits per heavy atom. The lowest BCUT2D eigenvalue weighted by atomic mass is 10.1. The summed E-state index contributed by atoms with van der Waals surface area (Å²) in [5, 5.41) is 3.94. The van der Waals surface area contributed by atoms with Crippen molar-refractivity contribution in [2.45, 2.75) is 19.4 Å². The zero-order chi connectivity index (χ0) is 19.6. The molecule has 1 fully saturated rings. The average Bonchev–Trinajstić information content (AvgIpc) is 3.08. The first-order valence-corrected chi connectivity index (χ1v) is 8.55. The second kappa shape index (κ2) is 7.48. The van der Waals surface area contributed by atoms with Crippen molar-refractivity contribution in [1.82, 2.24) is 15.2 Å². The minimum absolute atomic E-state index is 0.106. The van der Waals surface area contributed by atoms with Crippen LogP contribution in [0.5, 0.6) is 0 Å². The zero-order valence-electron chi connectivity index (χ0n) is 15.4. The van der Waals surface area contributed by atoms with Gasteiger partial charge in [0.25, 0.3) is 30.0 Å². The number of nitrogens with zero attached hydrogens (tertiary/aromatic N) is 5. The number of carbonyl (C=O) groups is 3. The summed E-state index contributed by atoms with van der Waals surface area (Å²) in [6.45, 7) is 1.97. The second-order valence-corrected chi connectivity index (χ2v) is 6.30. The number of hydrogen-bond acceptors (Lipinski definition) is 5. The van der Waals surface area contributed by atoms with Gasteiger partial charge in [-0.25, -0.2) is 14.8 Å². The highest BCUT2D eigenvalue weighted by Gasteiger charge is 2.50. The van der Waals surface area contributed by atoms with Crippen molar-refractivity contribution in [2.24, 2.45) is 10.1 Å². The number of imide groups is 1. The summed E-state index contributed by atoms with van der Waals surface area (Å²) in [4.78, 5) is 42.9. The number of hydrazone groups is 1. The first-order chi connectivity index (χ1) is 12.9. The fourth-order valence-corrected chi connectivity index (χ4v) is 2.89. The van der Waals surface area contributed by atoms with E-state index in [0.717, 1.165) is 16.9 Å². The average molecular weight is 369 g/mol. The molecule has 2 aliphatic rings. The van der Waals surface area contributed by atoms with Gasteiger partial charge in [-0.15, -0.1) is 0 Å². The number of nitrogens with one attached hydrogen (secondary N) is 1. The third kappa shape index (κ3) is 3.62. The van der Waals surface area contributed by atoms with Gasteiger partial charge in [-0.2, -0.15) is 5.10 Å². The molecule has 1 saturated heterocycles. The molecule has 1 aromatic carbocycles. The Morgan fingerprint density at radius 1 is 1.26 bits per heavy atom. The van der Waals surface area contributed by atoms with Gasteiger partial charge in [0.15, 0.2) is 6.54 Å². The maximum Gasteiger partial charge on any atom is 0.333 e. The largest absolute Gasteiger partial charge is 0.333 e. The molecule has 2 aliphatic heterocycles. The standard InChI is InChI=1S/C18H20N6O3/c1-4-12-5-7-13(8-6-12)9-20-21-14(25)10-24-11-19-16-15(24)17(26)23(3)18(27)22(16)2/h5-9,11,15H,4,10H2,1-3H3/p+1/b20-9+. The third-order valence-corrected chi connectivity index (χ3v) is 4.51. The molecule has 27 heavy (non-hydrogen) atoms. The van der Waals surface area contributed by atoms with Crippen molar-refractivity contribution in [3.63, 3.8) is 0 Å². The van der Waals surface area contributed by atoms with Crippen molar-refractivity contribution < 1.29 is 19.0 Å². The predicted molar refractivity (Wildman–Crippen MR) is 99.9 cm³/mol. The van der Waals surface area contributed by atoms with Crippen molar-refractivity contribution in [2.75, 3.05) is 20.6 Å². The van der Waals surface area contributed by atoms with Crippen LogP contribution in [0.3, 0.4) is 0 Å². The number of likely N-dealkylation sites (N-methyl/N-ethyl adjacent to an activating group) is 2. The van der Waals surface area contributed by atoms with Crippen LogP contribution in [-0.4, -0.2) is 77.3 Å². The smallest absolute Gasteiger partial charge is 0.269 e. The van der Waals surface area contributed by atoms with Crippen LogP contribution in [0.2, 0.25) is 0 Å². The van der Waals surface area contributed by atoms with Gasteiger partial charge >= 0.3 is 6.03 Å². The van der Waals surface area contributed by atoms with Gasteiger partial charge in [-0.1, -0.05) is 31.2 Å². The van der Waals surface area contributed by atoms with Gasteiger partial charge < -0.3 is 0 Å². The number of aliphatic imine (C=N–C) groups is 1. The lowest BCUT2D eigenvalue weighted by Crippen LogP contribution is -2.61. The van der Waals surface area contributed by atoms with E-state index in [0.29, 0.717) is 5.84 Å². The summed E-state index contributed by atoms with van der Waals surface area (Å²) < 4.78 is 1.48. The summed E-state index contributed by atoms with van der Waals surface area (Å²) in [6, 6.07) is 6.62. The Hall–Kier alpha value is -3.36. The summed E-state index contributed by atoms with van der Waals surface area (Å²) in [7, 11) is 2.95. The van der Waals surface area contributed by atoms with E-state index in [2.05, 4.69) is 22.4 Å². The van der Waals surface area contributed by atoms with Crippen LogP contribution >= 0.6 is 0 Å². The van der Waals surface area contributed by atoms with Gasteiger partial charge in [0, 0.05) is 14.1 Å². The van der Waals surface area contributed by atoms with Gasteiger partial charge in [0.1, 0.15) is 0 Å². The zero-order valence-corrected chi connectivity index (χ0v) is 15.4. The summed E-state index contributed by atoms with van der Waals surface area (Å²) in [5.41, 5.74) is 4.54. The monoisotopic (exact) mass is 369 g/mol. The van der Waals surface area contributed by atoms with Crippen molar-refractivity contribution in [1.29, 1.82) is 0 Å². The molecule has 2 heterocycles. The molecule has 9 heteroatoms. The van der Waals surface area contributed by atoms with Crippen LogP contribution in [0.1, 0.15) is 18.1 Å². The van der Waals surface area contributed by atoms with E-state index in [1.54, 1.807) is 13.3 Å². The highest BCUT2D eigenvalue weighted by atomic mass is 16.2. The first-order valence-electron chi connectivity index (χ1n) is 8.55. The normalized spacial score (nSPS) is 19.3. The minimum atomic E-state index is -0.783. The molecular weight excluding hydrogens is 348 g/mol. The Morgan fingerprint density at radius 3 is 2.63 bits per heavy atom. The van der Waals surface area contributed by atoms with E-state index in [-0.39, 0.29) is 12.5 Å². The number of carbonyl (C=O) groups excluding carboxylic acids is 3. The number of aryl methyl sites for hydroxylation is 1. The van der Waals surface area contributed by atoms with Crippen LogP contribution in [0.4, 0.5) is 4.79 Å². The predicted octanol–water partition coefficient (Wildman–Crippen LogP) is 0.0444.